The molecule has 0 atom stereocenters. The Balaban J connectivity index is 2.29. The number of carbonyl (C=O) groups is 2. The van der Waals surface area contributed by atoms with Crippen molar-refractivity contribution < 1.29 is 14.3 Å². The maximum atomic E-state index is 11.8. The van der Waals surface area contributed by atoms with Crippen molar-refractivity contribution in [2.24, 2.45) is 7.05 Å². The first-order valence-corrected chi connectivity index (χ1v) is 6.78. The van der Waals surface area contributed by atoms with Gasteiger partial charge in [-0.3, -0.25) is 9.48 Å². The van der Waals surface area contributed by atoms with Crippen molar-refractivity contribution in [1.82, 2.24) is 14.8 Å². The largest absolute Gasteiger partial charge is 0.461 e. The molecule has 0 aliphatic rings. The Labute approximate surface area is 119 Å². The molecule has 2 heterocycles. The topological polar surface area (TPSA) is 86.1 Å². The number of aromatic nitrogens is 3. The van der Waals surface area contributed by atoms with E-state index in [9.17, 15) is 9.59 Å². The number of rotatable bonds is 5. The number of anilines is 2. The maximum absolute atomic E-state index is 11.8. The number of nitrogens with one attached hydrogen (secondary N) is 1. The van der Waals surface area contributed by atoms with Gasteiger partial charge in [-0.25, -0.2) is 9.78 Å². The molecule has 0 amide bonds. The van der Waals surface area contributed by atoms with E-state index in [-0.39, 0.29) is 23.0 Å². The molecule has 1 N–H and O–H groups in total. The summed E-state index contributed by atoms with van der Waals surface area (Å²) in [5.41, 5.74) is 0.0442. The van der Waals surface area contributed by atoms with Gasteiger partial charge in [0.1, 0.15) is 4.88 Å². The van der Waals surface area contributed by atoms with Gasteiger partial charge in [0.2, 0.25) is 0 Å². The fraction of sp³-hybridized carbons (Fsp3) is 0.333. The first kappa shape index (κ1) is 14.2. The predicted octanol–water partition coefficient (Wildman–Crippen LogP) is 2.00. The Morgan fingerprint density at radius 1 is 1.50 bits per heavy atom. The number of esters is 1. The summed E-state index contributed by atoms with van der Waals surface area (Å²) < 4.78 is 6.52. The highest BCUT2D eigenvalue weighted by Crippen LogP contribution is 2.26. The molecule has 0 bridgehead atoms. The van der Waals surface area contributed by atoms with Crippen LogP contribution in [0.15, 0.2) is 12.3 Å². The van der Waals surface area contributed by atoms with Crippen molar-refractivity contribution in [1.29, 1.82) is 0 Å². The fourth-order valence-electron chi connectivity index (χ4n) is 1.54. The van der Waals surface area contributed by atoms with Crippen molar-refractivity contribution in [3.63, 3.8) is 0 Å². The number of ketones is 1. The van der Waals surface area contributed by atoms with E-state index in [0.29, 0.717) is 10.9 Å². The number of Topliss-reactive ketones (excluding diaryl/α,β-unsaturated/α-hetero) is 1. The lowest BCUT2D eigenvalue weighted by Crippen LogP contribution is -2.09. The van der Waals surface area contributed by atoms with E-state index in [0.717, 1.165) is 11.3 Å². The van der Waals surface area contributed by atoms with Crippen LogP contribution in [0.5, 0.6) is 0 Å². The first-order valence-electron chi connectivity index (χ1n) is 5.96. The molecule has 0 spiro atoms. The zero-order valence-electron chi connectivity index (χ0n) is 11.3. The highest BCUT2D eigenvalue weighted by atomic mass is 32.1. The molecule has 7 nitrogen and oxygen atoms in total. The SMILES string of the molecule is CCOC(=O)c1nc(Nc2ccn(C)n2)sc1C(C)=O. The summed E-state index contributed by atoms with van der Waals surface area (Å²) in [5, 5.41) is 7.52. The van der Waals surface area contributed by atoms with Crippen LogP contribution in [0.4, 0.5) is 10.9 Å². The van der Waals surface area contributed by atoms with Crippen LogP contribution in [0, 0.1) is 0 Å². The van der Waals surface area contributed by atoms with E-state index >= 15 is 0 Å². The van der Waals surface area contributed by atoms with Crippen LogP contribution in [0.2, 0.25) is 0 Å². The molecule has 2 aromatic heterocycles. The average Bonchev–Trinajstić information content (AvgIpc) is 2.97. The fourth-order valence-corrected chi connectivity index (χ4v) is 2.40. The summed E-state index contributed by atoms with van der Waals surface area (Å²) in [5.74, 6) is -0.227. The lowest BCUT2D eigenvalue weighted by molar-refractivity contribution is 0.0517. The summed E-state index contributed by atoms with van der Waals surface area (Å²) in [7, 11) is 1.79. The van der Waals surface area contributed by atoms with Crippen LogP contribution < -0.4 is 5.32 Å². The third-order valence-electron chi connectivity index (χ3n) is 2.36. The molecule has 0 unspecified atom stereocenters. The minimum absolute atomic E-state index is 0.0442. The van der Waals surface area contributed by atoms with Crippen LogP contribution in [0.25, 0.3) is 0 Å². The standard InChI is InChI=1S/C12H14N4O3S/c1-4-19-11(18)9-10(7(2)17)20-12(14-9)13-8-5-6-16(3)15-8/h5-6H,4H2,1-3H3,(H,13,14,15). The van der Waals surface area contributed by atoms with Crippen LogP contribution in [0.3, 0.4) is 0 Å². The molecular formula is C12H14N4O3S. The van der Waals surface area contributed by atoms with E-state index in [1.54, 1.807) is 30.9 Å². The Bertz CT molecular complexity index is 647. The van der Waals surface area contributed by atoms with Gasteiger partial charge in [0.15, 0.2) is 22.4 Å². The van der Waals surface area contributed by atoms with Gasteiger partial charge in [0.05, 0.1) is 6.61 Å². The highest BCUT2D eigenvalue weighted by molar-refractivity contribution is 7.17. The number of carbonyl (C=O) groups excluding carboxylic acids is 2. The molecule has 2 rings (SSSR count). The van der Waals surface area contributed by atoms with Gasteiger partial charge < -0.3 is 10.1 Å². The number of hydrogen-bond donors (Lipinski definition) is 1. The summed E-state index contributed by atoms with van der Waals surface area (Å²) in [6.45, 7) is 3.32. The molecule has 0 aromatic carbocycles. The third kappa shape index (κ3) is 3.02. The van der Waals surface area contributed by atoms with Crippen molar-refractivity contribution >= 4 is 34.0 Å². The third-order valence-corrected chi connectivity index (χ3v) is 3.44. The molecule has 0 aliphatic heterocycles. The molecule has 0 radical (unpaired) electrons. The zero-order valence-corrected chi connectivity index (χ0v) is 12.2. The van der Waals surface area contributed by atoms with Crippen molar-refractivity contribution in [3.8, 4) is 0 Å². The average molecular weight is 294 g/mol. The maximum Gasteiger partial charge on any atom is 0.358 e. The number of nitrogens with zero attached hydrogens (tertiary/aromatic N) is 3. The molecule has 2 aromatic rings. The van der Waals surface area contributed by atoms with Crippen molar-refractivity contribution in [2.45, 2.75) is 13.8 Å². The summed E-state index contributed by atoms with van der Waals surface area (Å²) in [4.78, 5) is 27.7. The molecule has 0 aliphatic carbocycles. The van der Waals surface area contributed by atoms with Gasteiger partial charge in [0.25, 0.3) is 0 Å². The van der Waals surface area contributed by atoms with Crippen LogP contribution in [0.1, 0.15) is 34.0 Å². The minimum Gasteiger partial charge on any atom is -0.461 e. The van der Waals surface area contributed by atoms with Gasteiger partial charge in [-0.1, -0.05) is 11.3 Å². The summed E-state index contributed by atoms with van der Waals surface area (Å²) in [6, 6.07) is 1.76. The van der Waals surface area contributed by atoms with Crippen LogP contribution in [-0.2, 0) is 11.8 Å². The minimum atomic E-state index is -0.594. The Morgan fingerprint density at radius 3 is 2.80 bits per heavy atom. The number of hydrogen-bond acceptors (Lipinski definition) is 7. The van der Waals surface area contributed by atoms with E-state index in [4.69, 9.17) is 4.74 Å². The normalized spacial score (nSPS) is 10.3. The van der Waals surface area contributed by atoms with Gasteiger partial charge >= 0.3 is 5.97 Å². The second-order valence-electron chi connectivity index (χ2n) is 3.97. The molecule has 106 valence electrons. The van der Waals surface area contributed by atoms with E-state index < -0.39 is 5.97 Å². The monoisotopic (exact) mass is 294 g/mol. The van der Waals surface area contributed by atoms with E-state index in [1.807, 2.05) is 0 Å². The second-order valence-corrected chi connectivity index (χ2v) is 4.97. The lowest BCUT2D eigenvalue weighted by atomic mass is 10.3. The van der Waals surface area contributed by atoms with Crippen LogP contribution in [-0.4, -0.2) is 33.1 Å². The summed E-state index contributed by atoms with van der Waals surface area (Å²) in [6.07, 6.45) is 1.77. The Hall–Kier alpha value is -2.22. The highest BCUT2D eigenvalue weighted by Gasteiger charge is 2.22. The lowest BCUT2D eigenvalue weighted by Gasteiger charge is -1.98. The smallest absolute Gasteiger partial charge is 0.358 e. The van der Waals surface area contributed by atoms with Gasteiger partial charge in [-0.15, -0.1) is 0 Å². The van der Waals surface area contributed by atoms with Gasteiger partial charge in [-0.2, -0.15) is 5.10 Å². The predicted molar refractivity (Wildman–Crippen MR) is 74.6 cm³/mol. The van der Waals surface area contributed by atoms with E-state index in [1.165, 1.54) is 6.92 Å². The van der Waals surface area contributed by atoms with Crippen LogP contribution >= 0.6 is 11.3 Å². The molecular weight excluding hydrogens is 280 g/mol. The van der Waals surface area contributed by atoms with Crippen molar-refractivity contribution in [2.75, 3.05) is 11.9 Å². The number of aryl methyl sites for hydroxylation is 1. The van der Waals surface area contributed by atoms with Gasteiger partial charge in [-0.05, 0) is 6.92 Å². The molecule has 0 fully saturated rings. The first-order chi connectivity index (χ1) is 9.51. The zero-order chi connectivity index (χ0) is 14.7. The van der Waals surface area contributed by atoms with E-state index in [2.05, 4.69) is 15.4 Å². The Morgan fingerprint density at radius 2 is 2.25 bits per heavy atom. The molecule has 8 heteroatoms. The molecule has 0 saturated heterocycles. The second kappa shape index (κ2) is 5.83. The molecule has 0 saturated carbocycles. The molecule has 20 heavy (non-hydrogen) atoms. The number of ether oxygens (including phenoxy) is 1. The summed E-state index contributed by atoms with van der Waals surface area (Å²) >= 11 is 1.10. The van der Waals surface area contributed by atoms with Gasteiger partial charge in [0, 0.05) is 26.2 Å². The Kier molecular flexibility index (Phi) is 4.14. The van der Waals surface area contributed by atoms with Crippen molar-refractivity contribution in [3.05, 3.63) is 22.8 Å². The quantitative estimate of drug-likeness (QED) is 0.670. The number of thiazole rings is 1.